The summed E-state index contributed by atoms with van der Waals surface area (Å²) in [7, 11) is 1.65. The molecule has 1 saturated heterocycles. The standard InChI is InChI=1S/C17H24ClNO3/c1-3-4-22-17-7-14(18)12(6-16(17)21-2)9-19-8-11-5-15(20)13(11)10-19/h6-7,11,13,15,20H,3-5,8-10H2,1-2H3/t11-,13+,15-/m1/s1. The first-order valence-electron chi connectivity index (χ1n) is 8.02. The van der Waals surface area contributed by atoms with Crippen LogP contribution in [-0.2, 0) is 6.54 Å². The highest BCUT2D eigenvalue weighted by Crippen LogP contribution is 2.42. The van der Waals surface area contributed by atoms with Gasteiger partial charge in [0.1, 0.15) is 0 Å². The van der Waals surface area contributed by atoms with Crippen LogP contribution < -0.4 is 9.47 Å². The van der Waals surface area contributed by atoms with Crippen molar-refractivity contribution in [3.05, 3.63) is 22.7 Å². The van der Waals surface area contributed by atoms with Crippen LogP contribution in [0.25, 0.3) is 0 Å². The van der Waals surface area contributed by atoms with E-state index in [-0.39, 0.29) is 6.10 Å². The van der Waals surface area contributed by atoms with Crippen LogP contribution in [0.1, 0.15) is 25.3 Å². The molecule has 0 radical (unpaired) electrons. The van der Waals surface area contributed by atoms with Gasteiger partial charge < -0.3 is 14.6 Å². The van der Waals surface area contributed by atoms with Gasteiger partial charge in [-0.25, -0.2) is 0 Å². The lowest BCUT2D eigenvalue weighted by Gasteiger charge is -2.35. The van der Waals surface area contributed by atoms with Crippen LogP contribution in [0, 0.1) is 11.8 Å². The number of nitrogens with zero attached hydrogens (tertiary/aromatic N) is 1. The number of likely N-dealkylation sites (tertiary alicyclic amines) is 1. The Morgan fingerprint density at radius 2 is 2.14 bits per heavy atom. The Bertz CT molecular complexity index is 537. The number of aliphatic hydroxyl groups excluding tert-OH is 1. The molecule has 5 heteroatoms. The smallest absolute Gasteiger partial charge is 0.162 e. The van der Waals surface area contributed by atoms with E-state index in [0.717, 1.165) is 43.8 Å². The third-order valence-electron chi connectivity index (χ3n) is 4.79. The Balaban J connectivity index is 1.71. The zero-order valence-corrected chi connectivity index (χ0v) is 14.0. The van der Waals surface area contributed by atoms with E-state index in [1.807, 2.05) is 12.1 Å². The van der Waals surface area contributed by atoms with Crippen LogP contribution in [-0.4, -0.2) is 42.9 Å². The maximum atomic E-state index is 9.77. The Morgan fingerprint density at radius 1 is 1.32 bits per heavy atom. The molecule has 3 rings (SSSR count). The van der Waals surface area contributed by atoms with Gasteiger partial charge in [-0.1, -0.05) is 18.5 Å². The molecule has 22 heavy (non-hydrogen) atoms. The summed E-state index contributed by atoms with van der Waals surface area (Å²) in [5.74, 6) is 2.54. The van der Waals surface area contributed by atoms with Crippen molar-refractivity contribution in [2.24, 2.45) is 11.8 Å². The third kappa shape index (κ3) is 3.05. The van der Waals surface area contributed by atoms with Gasteiger partial charge in [-0.3, -0.25) is 4.90 Å². The largest absolute Gasteiger partial charge is 0.493 e. The first kappa shape index (κ1) is 15.9. The molecule has 0 unspecified atom stereocenters. The number of hydrogen-bond donors (Lipinski definition) is 1. The first-order valence-corrected chi connectivity index (χ1v) is 8.39. The summed E-state index contributed by atoms with van der Waals surface area (Å²) in [6.45, 7) is 5.52. The molecule has 1 aliphatic carbocycles. The van der Waals surface area contributed by atoms with Crippen LogP contribution in [0.15, 0.2) is 12.1 Å². The lowest BCUT2D eigenvalue weighted by molar-refractivity contribution is -0.00435. The molecule has 1 aromatic rings. The van der Waals surface area contributed by atoms with Crippen molar-refractivity contribution in [2.75, 3.05) is 26.8 Å². The predicted octanol–water partition coefficient (Wildman–Crippen LogP) is 2.95. The molecule has 1 aliphatic heterocycles. The van der Waals surface area contributed by atoms with Crippen LogP contribution >= 0.6 is 11.6 Å². The van der Waals surface area contributed by atoms with E-state index in [1.165, 1.54) is 0 Å². The van der Waals surface area contributed by atoms with E-state index in [2.05, 4.69) is 11.8 Å². The molecule has 1 heterocycles. The zero-order valence-electron chi connectivity index (χ0n) is 13.2. The third-order valence-corrected chi connectivity index (χ3v) is 5.15. The van der Waals surface area contributed by atoms with E-state index in [1.54, 1.807) is 7.11 Å². The second kappa shape index (κ2) is 6.65. The molecule has 0 spiro atoms. The Kier molecular flexibility index (Phi) is 4.81. The summed E-state index contributed by atoms with van der Waals surface area (Å²) in [4.78, 5) is 2.37. The number of halogens is 1. The second-order valence-electron chi connectivity index (χ2n) is 6.36. The minimum Gasteiger partial charge on any atom is -0.493 e. The molecule has 1 N–H and O–H groups in total. The van der Waals surface area contributed by atoms with E-state index >= 15 is 0 Å². The Labute approximate surface area is 137 Å². The fourth-order valence-electron chi connectivity index (χ4n) is 3.52. The SMILES string of the molecule is CCCOc1cc(Cl)c(CN2C[C@H]3C[C@@H](O)[C@H]3C2)cc1OC. The van der Waals surface area contributed by atoms with Crippen LogP contribution in [0.5, 0.6) is 11.5 Å². The quantitative estimate of drug-likeness (QED) is 0.873. The monoisotopic (exact) mass is 325 g/mol. The van der Waals surface area contributed by atoms with E-state index < -0.39 is 0 Å². The molecule has 2 aliphatic rings. The molecule has 0 aromatic heterocycles. The van der Waals surface area contributed by atoms with Gasteiger partial charge in [0.05, 0.1) is 19.8 Å². The topological polar surface area (TPSA) is 41.9 Å². The highest BCUT2D eigenvalue weighted by Gasteiger charge is 2.46. The number of ether oxygens (including phenoxy) is 2. The summed E-state index contributed by atoms with van der Waals surface area (Å²) in [5.41, 5.74) is 1.05. The first-order chi connectivity index (χ1) is 10.6. The van der Waals surface area contributed by atoms with Crippen molar-refractivity contribution in [1.29, 1.82) is 0 Å². The molecule has 1 saturated carbocycles. The van der Waals surface area contributed by atoms with Gasteiger partial charge in [0, 0.05) is 36.6 Å². The fourth-order valence-corrected chi connectivity index (χ4v) is 3.73. The molecular weight excluding hydrogens is 302 g/mol. The van der Waals surface area contributed by atoms with Gasteiger partial charge in [0.15, 0.2) is 11.5 Å². The Morgan fingerprint density at radius 3 is 2.77 bits per heavy atom. The number of benzene rings is 1. The van der Waals surface area contributed by atoms with Crippen molar-refractivity contribution in [2.45, 2.75) is 32.4 Å². The minimum atomic E-state index is -0.107. The molecule has 3 atom stereocenters. The minimum absolute atomic E-state index is 0.107. The molecule has 4 nitrogen and oxygen atoms in total. The van der Waals surface area contributed by atoms with Crippen molar-refractivity contribution in [3.63, 3.8) is 0 Å². The predicted molar refractivity (Wildman–Crippen MR) is 86.7 cm³/mol. The van der Waals surface area contributed by atoms with E-state index in [0.29, 0.717) is 29.2 Å². The normalized spacial score (nSPS) is 27.4. The lowest BCUT2D eigenvalue weighted by atomic mass is 9.74. The van der Waals surface area contributed by atoms with Gasteiger partial charge >= 0.3 is 0 Å². The highest BCUT2D eigenvalue weighted by molar-refractivity contribution is 6.31. The summed E-state index contributed by atoms with van der Waals surface area (Å²) in [5, 5.41) is 10.5. The van der Waals surface area contributed by atoms with Gasteiger partial charge in [-0.2, -0.15) is 0 Å². The van der Waals surface area contributed by atoms with Crippen molar-refractivity contribution in [3.8, 4) is 11.5 Å². The number of hydrogen-bond acceptors (Lipinski definition) is 4. The fraction of sp³-hybridized carbons (Fsp3) is 0.647. The number of rotatable bonds is 6. The summed E-state index contributed by atoms with van der Waals surface area (Å²) >= 11 is 6.42. The zero-order chi connectivity index (χ0) is 15.7. The molecule has 0 bridgehead atoms. The van der Waals surface area contributed by atoms with Crippen molar-refractivity contribution >= 4 is 11.6 Å². The molecule has 122 valence electrons. The highest BCUT2D eigenvalue weighted by atomic mass is 35.5. The van der Waals surface area contributed by atoms with Crippen molar-refractivity contribution in [1.82, 2.24) is 4.90 Å². The summed E-state index contributed by atoms with van der Waals surface area (Å²) in [6, 6.07) is 3.83. The maximum absolute atomic E-state index is 9.77. The van der Waals surface area contributed by atoms with Gasteiger partial charge in [-0.15, -0.1) is 0 Å². The number of aliphatic hydroxyl groups is 1. The lowest BCUT2D eigenvalue weighted by Crippen LogP contribution is -2.39. The summed E-state index contributed by atoms with van der Waals surface area (Å²) < 4.78 is 11.1. The van der Waals surface area contributed by atoms with Crippen molar-refractivity contribution < 1.29 is 14.6 Å². The van der Waals surface area contributed by atoms with E-state index in [4.69, 9.17) is 21.1 Å². The van der Waals surface area contributed by atoms with Crippen LogP contribution in [0.3, 0.4) is 0 Å². The van der Waals surface area contributed by atoms with Gasteiger partial charge in [-0.05, 0) is 30.4 Å². The van der Waals surface area contributed by atoms with Crippen LogP contribution in [0.2, 0.25) is 5.02 Å². The molecular formula is C17H24ClNO3. The molecule has 2 fully saturated rings. The van der Waals surface area contributed by atoms with Gasteiger partial charge in [0.25, 0.3) is 0 Å². The van der Waals surface area contributed by atoms with Gasteiger partial charge in [0.2, 0.25) is 0 Å². The molecule has 0 amide bonds. The number of methoxy groups -OCH3 is 1. The second-order valence-corrected chi connectivity index (χ2v) is 6.77. The molecule has 1 aromatic carbocycles. The number of fused-ring (bicyclic) bond motifs is 1. The van der Waals surface area contributed by atoms with Crippen LogP contribution in [0.4, 0.5) is 0 Å². The average molecular weight is 326 g/mol. The maximum Gasteiger partial charge on any atom is 0.162 e. The summed E-state index contributed by atoms with van der Waals surface area (Å²) in [6.07, 6.45) is 1.79. The van der Waals surface area contributed by atoms with E-state index in [9.17, 15) is 5.11 Å². The Hall–Kier alpha value is -0.970. The average Bonchev–Trinajstić information content (AvgIpc) is 2.83.